The maximum Gasteiger partial charge on any atom is 0.255 e. The van der Waals surface area contributed by atoms with E-state index in [1.807, 2.05) is 6.07 Å². The van der Waals surface area contributed by atoms with Gasteiger partial charge >= 0.3 is 0 Å². The molecule has 0 aliphatic heterocycles. The van der Waals surface area contributed by atoms with E-state index in [1.165, 1.54) is 29.6 Å². The van der Waals surface area contributed by atoms with E-state index in [2.05, 4.69) is 15.4 Å². The highest BCUT2D eigenvalue weighted by Crippen LogP contribution is 2.24. The third kappa shape index (κ3) is 4.92. The fraction of sp³-hybridized carbons (Fsp3) is 0.286. The van der Waals surface area contributed by atoms with Gasteiger partial charge < -0.3 is 10.1 Å². The van der Waals surface area contributed by atoms with Crippen molar-refractivity contribution in [2.45, 2.75) is 25.3 Å². The Hall–Kier alpha value is -3.24. The van der Waals surface area contributed by atoms with E-state index >= 15 is 0 Å². The number of hydrogen-bond acceptors (Lipinski definition) is 6. The second-order valence-electron chi connectivity index (χ2n) is 6.61. The van der Waals surface area contributed by atoms with Crippen molar-refractivity contribution in [1.29, 1.82) is 0 Å². The first kappa shape index (κ1) is 22.4. The summed E-state index contributed by atoms with van der Waals surface area (Å²) in [5, 5.41) is 6.91. The summed E-state index contributed by atoms with van der Waals surface area (Å²) in [5.74, 6) is 0.517. The number of aromatic nitrogens is 3. The summed E-state index contributed by atoms with van der Waals surface area (Å²) in [5.41, 5.74) is 0.937. The Morgan fingerprint density at radius 3 is 2.55 bits per heavy atom. The first-order valence-corrected chi connectivity index (χ1v) is 11.3. The summed E-state index contributed by atoms with van der Waals surface area (Å²) in [6, 6.07) is 9.72. The molecule has 0 saturated heterocycles. The zero-order chi connectivity index (χ0) is 22.4. The van der Waals surface area contributed by atoms with E-state index in [0.717, 1.165) is 5.56 Å². The van der Waals surface area contributed by atoms with E-state index in [-0.39, 0.29) is 17.0 Å². The number of pyridine rings is 1. The normalized spacial score (nSPS) is 11.5. The summed E-state index contributed by atoms with van der Waals surface area (Å²) < 4.78 is 33.9. The molecule has 31 heavy (non-hydrogen) atoms. The molecule has 2 aromatic heterocycles. The molecule has 9 nitrogen and oxygen atoms in total. The Balaban J connectivity index is 1.77. The molecule has 10 heteroatoms. The molecule has 0 fully saturated rings. The lowest BCUT2D eigenvalue weighted by Crippen LogP contribution is -2.31. The van der Waals surface area contributed by atoms with E-state index in [0.29, 0.717) is 24.7 Å². The lowest BCUT2D eigenvalue weighted by Gasteiger charge is -2.19. The van der Waals surface area contributed by atoms with Crippen LogP contribution in [0.5, 0.6) is 5.75 Å². The van der Waals surface area contributed by atoms with Crippen LogP contribution in [0.15, 0.2) is 59.9 Å². The second-order valence-corrected chi connectivity index (χ2v) is 8.55. The van der Waals surface area contributed by atoms with E-state index in [4.69, 9.17) is 4.74 Å². The van der Waals surface area contributed by atoms with Gasteiger partial charge in [-0.05, 0) is 35.9 Å². The molecule has 0 aliphatic rings. The molecule has 1 amide bonds. The summed E-state index contributed by atoms with van der Waals surface area (Å²) in [6.07, 6.45) is 5.10. The zero-order valence-electron chi connectivity index (χ0n) is 17.6. The van der Waals surface area contributed by atoms with Crippen LogP contribution in [0.2, 0.25) is 0 Å². The summed E-state index contributed by atoms with van der Waals surface area (Å²) in [4.78, 5) is 17.2. The molecule has 3 rings (SSSR count). The van der Waals surface area contributed by atoms with Crippen LogP contribution < -0.4 is 10.1 Å². The van der Waals surface area contributed by atoms with Crippen molar-refractivity contribution in [2.75, 3.05) is 20.2 Å². The molecule has 0 aliphatic carbocycles. The molecule has 0 radical (unpaired) electrons. The number of nitrogens with zero attached hydrogens (tertiary/aromatic N) is 4. The van der Waals surface area contributed by atoms with Crippen LogP contribution >= 0.6 is 0 Å². The maximum atomic E-state index is 12.8. The maximum absolute atomic E-state index is 12.8. The number of carbonyl (C=O) groups is 1. The van der Waals surface area contributed by atoms with Crippen molar-refractivity contribution in [3.8, 4) is 11.6 Å². The van der Waals surface area contributed by atoms with Gasteiger partial charge in [0.1, 0.15) is 5.75 Å². The van der Waals surface area contributed by atoms with Gasteiger partial charge in [0.25, 0.3) is 5.91 Å². The largest absolute Gasteiger partial charge is 0.496 e. The fourth-order valence-corrected chi connectivity index (χ4v) is 4.56. The van der Waals surface area contributed by atoms with Gasteiger partial charge in [0.15, 0.2) is 5.82 Å². The SMILES string of the molecule is CCN(CC)S(=O)(=O)c1ccc(OC)c(C(=O)NCc2ccc(-n3cccn3)nc2)c1. The number of carbonyl (C=O) groups excluding carboxylic acids is 1. The number of hydrogen-bond donors (Lipinski definition) is 1. The molecule has 0 bridgehead atoms. The predicted octanol–water partition coefficient (Wildman–Crippen LogP) is 2.24. The minimum atomic E-state index is -3.70. The van der Waals surface area contributed by atoms with Gasteiger partial charge in [-0.25, -0.2) is 18.1 Å². The summed E-state index contributed by atoms with van der Waals surface area (Å²) >= 11 is 0. The minimum Gasteiger partial charge on any atom is -0.496 e. The average molecular weight is 444 g/mol. The second kappa shape index (κ2) is 9.71. The van der Waals surface area contributed by atoms with Gasteiger partial charge in [-0.1, -0.05) is 19.9 Å². The highest BCUT2D eigenvalue weighted by molar-refractivity contribution is 7.89. The predicted molar refractivity (Wildman–Crippen MR) is 116 cm³/mol. The quantitative estimate of drug-likeness (QED) is 0.544. The standard InChI is InChI=1S/C21H25N5O4S/c1-4-25(5-2)31(28,29)17-8-9-19(30-3)18(13-17)21(27)23-15-16-7-10-20(22-14-16)26-12-6-11-24-26/h6-14H,4-5,15H2,1-3H3,(H,23,27). The van der Waals surface area contributed by atoms with Crippen LogP contribution in [0, 0.1) is 0 Å². The van der Waals surface area contributed by atoms with Crippen molar-refractivity contribution in [3.05, 3.63) is 66.1 Å². The highest BCUT2D eigenvalue weighted by atomic mass is 32.2. The lowest BCUT2D eigenvalue weighted by molar-refractivity contribution is 0.0947. The Morgan fingerprint density at radius 1 is 1.19 bits per heavy atom. The Kier molecular flexibility index (Phi) is 7.03. The van der Waals surface area contributed by atoms with Gasteiger partial charge in [-0.3, -0.25) is 4.79 Å². The van der Waals surface area contributed by atoms with Crippen LogP contribution in [-0.2, 0) is 16.6 Å². The van der Waals surface area contributed by atoms with Crippen molar-refractivity contribution in [3.63, 3.8) is 0 Å². The summed E-state index contributed by atoms with van der Waals surface area (Å²) in [7, 11) is -2.26. The van der Waals surface area contributed by atoms with Crippen LogP contribution in [0.4, 0.5) is 0 Å². The third-order valence-corrected chi connectivity index (χ3v) is 6.81. The van der Waals surface area contributed by atoms with Crippen molar-refractivity contribution in [2.24, 2.45) is 0 Å². The van der Waals surface area contributed by atoms with Gasteiger partial charge in [0.2, 0.25) is 10.0 Å². The third-order valence-electron chi connectivity index (χ3n) is 4.76. The molecule has 1 N–H and O–H groups in total. The molecule has 0 spiro atoms. The highest BCUT2D eigenvalue weighted by Gasteiger charge is 2.24. The van der Waals surface area contributed by atoms with E-state index in [1.54, 1.807) is 49.3 Å². The fourth-order valence-electron chi connectivity index (χ4n) is 3.08. The van der Waals surface area contributed by atoms with Gasteiger partial charge in [-0.2, -0.15) is 9.40 Å². The minimum absolute atomic E-state index is 0.0485. The molecular weight excluding hydrogens is 418 g/mol. The Morgan fingerprint density at radius 2 is 1.97 bits per heavy atom. The van der Waals surface area contributed by atoms with Crippen LogP contribution in [0.3, 0.4) is 0 Å². The van der Waals surface area contributed by atoms with Gasteiger partial charge in [0, 0.05) is 38.2 Å². The molecule has 3 aromatic rings. The van der Waals surface area contributed by atoms with Crippen molar-refractivity contribution in [1.82, 2.24) is 24.4 Å². The smallest absolute Gasteiger partial charge is 0.255 e. The first-order valence-electron chi connectivity index (χ1n) is 9.82. The average Bonchev–Trinajstić information content (AvgIpc) is 3.33. The van der Waals surface area contributed by atoms with Gasteiger partial charge in [-0.15, -0.1) is 0 Å². The Labute approximate surface area is 181 Å². The van der Waals surface area contributed by atoms with Crippen LogP contribution in [0.25, 0.3) is 5.82 Å². The van der Waals surface area contributed by atoms with Crippen molar-refractivity contribution < 1.29 is 17.9 Å². The number of methoxy groups -OCH3 is 1. The molecule has 0 unspecified atom stereocenters. The molecule has 0 saturated carbocycles. The van der Waals surface area contributed by atoms with Crippen LogP contribution in [-0.4, -0.2) is 53.6 Å². The monoisotopic (exact) mass is 443 g/mol. The molecule has 0 atom stereocenters. The number of ether oxygens (including phenoxy) is 1. The summed E-state index contributed by atoms with van der Waals surface area (Å²) in [6.45, 7) is 4.44. The van der Waals surface area contributed by atoms with E-state index < -0.39 is 15.9 Å². The number of sulfonamides is 1. The zero-order valence-corrected chi connectivity index (χ0v) is 18.5. The molecule has 164 valence electrons. The number of benzene rings is 1. The van der Waals surface area contributed by atoms with Crippen molar-refractivity contribution >= 4 is 15.9 Å². The number of nitrogens with one attached hydrogen (secondary N) is 1. The van der Waals surface area contributed by atoms with E-state index in [9.17, 15) is 13.2 Å². The number of amides is 1. The van der Waals surface area contributed by atoms with Gasteiger partial charge in [0.05, 0.1) is 17.6 Å². The number of rotatable bonds is 9. The molecule has 2 heterocycles. The topological polar surface area (TPSA) is 106 Å². The van der Waals surface area contributed by atoms with Crippen LogP contribution in [0.1, 0.15) is 29.8 Å². The molecule has 1 aromatic carbocycles. The lowest BCUT2D eigenvalue weighted by atomic mass is 10.2. The Bertz CT molecular complexity index is 1130. The molecular formula is C21H25N5O4S. The first-order chi connectivity index (χ1) is 14.9.